The fourth-order valence-corrected chi connectivity index (χ4v) is 3.29. The fourth-order valence-electron chi connectivity index (χ4n) is 1.22. The largest absolute Gasteiger partial charge is 0.680 e. The van der Waals surface area contributed by atoms with E-state index >= 15 is 0 Å². The van der Waals surface area contributed by atoms with Gasteiger partial charge in [0.05, 0.1) is 0 Å². The van der Waals surface area contributed by atoms with E-state index in [0.717, 1.165) is 0 Å². The van der Waals surface area contributed by atoms with Gasteiger partial charge in [0, 0.05) is 19.8 Å². The van der Waals surface area contributed by atoms with Crippen molar-refractivity contribution in [1.29, 1.82) is 0 Å². The van der Waals surface area contributed by atoms with Crippen LogP contribution in [0.4, 0.5) is 26.3 Å². The van der Waals surface area contributed by atoms with Gasteiger partial charge in [0.15, 0.2) is 0 Å². The Bertz CT molecular complexity index is 252. The molecule has 0 bridgehead atoms. The first-order valence-electron chi connectivity index (χ1n) is 5.75. The van der Waals surface area contributed by atoms with Crippen LogP contribution in [0.3, 0.4) is 0 Å². The van der Waals surface area contributed by atoms with Crippen molar-refractivity contribution in [2.45, 2.75) is 39.2 Å². The monoisotopic (exact) mass is 330 g/mol. The van der Waals surface area contributed by atoms with E-state index in [4.69, 9.17) is 13.3 Å². The van der Waals surface area contributed by atoms with Crippen molar-refractivity contribution in [2.75, 3.05) is 19.8 Å². The molecule has 0 unspecified atom stereocenters. The topological polar surface area (TPSA) is 36.9 Å². The van der Waals surface area contributed by atoms with Crippen LogP contribution in [0.1, 0.15) is 20.8 Å². The molecular weight excluding hydrogens is 314 g/mol. The molecule has 0 aromatic rings. The van der Waals surface area contributed by atoms with Crippen molar-refractivity contribution in [3.05, 3.63) is 0 Å². The molecule has 11 heteroatoms. The molecule has 20 heavy (non-hydrogen) atoms. The van der Waals surface area contributed by atoms with Crippen molar-refractivity contribution < 1.29 is 44.0 Å². The minimum atomic E-state index is -5.65. The summed E-state index contributed by atoms with van der Waals surface area (Å²) in [6, 6.07) is 0. The fraction of sp³-hybridized carbons (Fsp3) is 1.00. The molecule has 0 aliphatic heterocycles. The Hall–Kier alpha value is -0.363. The van der Waals surface area contributed by atoms with Gasteiger partial charge < -0.3 is 17.7 Å². The molecule has 0 N–H and O–H groups in total. The molecule has 0 saturated heterocycles. The van der Waals surface area contributed by atoms with Gasteiger partial charge in [-0.3, -0.25) is 0 Å². The van der Waals surface area contributed by atoms with E-state index in [0.29, 0.717) is 0 Å². The SMILES string of the molecule is CCO[Si](OCC)(OCC)OC(C(F)(F)F)C(F)(F)F. The molecule has 0 amide bonds. The lowest BCUT2D eigenvalue weighted by Gasteiger charge is -2.32. The third kappa shape index (κ3) is 5.95. The molecule has 0 aliphatic rings. The molecule has 0 radical (unpaired) electrons. The Morgan fingerprint density at radius 1 is 0.750 bits per heavy atom. The molecule has 4 nitrogen and oxygen atoms in total. The average molecular weight is 330 g/mol. The van der Waals surface area contributed by atoms with Gasteiger partial charge in [-0.2, -0.15) is 26.3 Å². The Labute approximate surface area is 113 Å². The minimum absolute atomic E-state index is 0.214. The van der Waals surface area contributed by atoms with Crippen molar-refractivity contribution >= 4 is 9.05 Å². The van der Waals surface area contributed by atoms with Crippen LogP contribution in [0.2, 0.25) is 0 Å². The second-order valence-electron chi connectivity index (χ2n) is 3.38. The number of rotatable bonds is 8. The van der Waals surface area contributed by atoms with E-state index in [9.17, 15) is 26.3 Å². The van der Waals surface area contributed by atoms with Crippen LogP contribution in [0.5, 0.6) is 0 Å². The number of halogens is 6. The smallest absolute Gasteiger partial charge is 0.351 e. The van der Waals surface area contributed by atoms with Gasteiger partial charge in [-0.15, -0.1) is 0 Å². The van der Waals surface area contributed by atoms with Crippen LogP contribution in [-0.2, 0) is 17.7 Å². The van der Waals surface area contributed by atoms with Crippen LogP contribution in [-0.4, -0.2) is 47.3 Å². The summed E-state index contributed by atoms with van der Waals surface area (Å²) in [5.41, 5.74) is 0. The second-order valence-corrected chi connectivity index (χ2v) is 5.48. The molecule has 0 aliphatic carbocycles. The molecule has 0 aromatic heterocycles. The first-order valence-corrected chi connectivity index (χ1v) is 7.38. The zero-order valence-electron chi connectivity index (χ0n) is 11.1. The highest BCUT2D eigenvalue weighted by Crippen LogP contribution is 2.37. The highest BCUT2D eigenvalue weighted by Gasteiger charge is 2.63. The number of hydrogen-bond donors (Lipinski definition) is 0. The van der Waals surface area contributed by atoms with Crippen molar-refractivity contribution in [1.82, 2.24) is 0 Å². The summed E-state index contributed by atoms with van der Waals surface area (Å²) in [4.78, 5) is 0. The highest BCUT2D eigenvalue weighted by atomic mass is 28.4. The summed E-state index contributed by atoms with van der Waals surface area (Å²) in [6.07, 6.45) is -15.3. The quantitative estimate of drug-likeness (QED) is 0.506. The van der Waals surface area contributed by atoms with Crippen LogP contribution in [0.15, 0.2) is 0 Å². The van der Waals surface area contributed by atoms with Gasteiger partial charge in [0.1, 0.15) is 0 Å². The van der Waals surface area contributed by atoms with E-state index in [1.165, 1.54) is 20.8 Å². The molecular formula is C9H16F6O4Si. The summed E-state index contributed by atoms with van der Waals surface area (Å²) in [5.74, 6) is 0. The van der Waals surface area contributed by atoms with Gasteiger partial charge in [-0.05, 0) is 20.8 Å². The molecule has 0 saturated carbocycles. The minimum Gasteiger partial charge on any atom is -0.351 e. The Kier molecular flexibility index (Phi) is 7.45. The normalized spacial score (nSPS) is 14.1. The maximum atomic E-state index is 12.5. The summed E-state index contributed by atoms with van der Waals surface area (Å²) in [6.45, 7) is 3.48. The van der Waals surface area contributed by atoms with Crippen LogP contribution < -0.4 is 0 Å². The lowest BCUT2D eigenvalue weighted by atomic mass is 10.3. The number of hydrogen-bond acceptors (Lipinski definition) is 4. The zero-order valence-corrected chi connectivity index (χ0v) is 12.1. The van der Waals surface area contributed by atoms with E-state index < -0.39 is 27.5 Å². The first kappa shape index (κ1) is 19.6. The summed E-state index contributed by atoms with van der Waals surface area (Å²) in [5, 5.41) is 0. The van der Waals surface area contributed by atoms with Crippen LogP contribution in [0, 0.1) is 0 Å². The lowest BCUT2D eigenvalue weighted by Crippen LogP contribution is -2.58. The first-order chi connectivity index (χ1) is 9.02. The third-order valence-electron chi connectivity index (χ3n) is 1.82. The maximum Gasteiger partial charge on any atom is 0.680 e. The molecule has 122 valence electrons. The Morgan fingerprint density at radius 3 is 1.25 bits per heavy atom. The predicted molar refractivity (Wildman–Crippen MR) is 57.6 cm³/mol. The van der Waals surface area contributed by atoms with Crippen LogP contribution in [0.25, 0.3) is 0 Å². The van der Waals surface area contributed by atoms with E-state index in [2.05, 4.69) is 4.43 Å². The molecule has 0 heterocycles. The molecule has 0 spiro atoms. The summed E-state index contributed by atoms with van der Waals surface area (Å²) in [7, 11) is -4.52. The van der Waals surface area contributed by atoms with E-state index in [-0.39, 0.29) is 19.8 Å². The number of alkyl halides is 6. The second kappa shape index (κ2) is 7.59. The van der Waals surface area contributed by atoms with Crippen molar-refractivity contribution in [3.8, 4) is 0 Å². The molecule has 0 atom stereocenters. The lowest BCUT2D eigenvalue weighted by molar-refractivity contribution is -0.315. The van der Waals surface area contributed by atoms with Crippen molar-refractivity contribution in [2.24, 2.45) is 0 Å². The molecule has 0 rings (SSSR count). The van der Waals surface area contributed by atoms with Gasteiger partial charge >= 0.3 is 21.4 Å². The van der Waals surface area contributed by atoms with Gasteiger partial charge in [-0.1, -0.05) is 0 Å². The predicted octanol–water partition coefficient (Wildman–Crippen LogP) is 3.04. The third-order valence-corrected chi connectivity index (χ3v) is 4.27. The standard InChI is InChI=1S/C9H16F6O4Si/c1-4-16-20(17-5-2,18-6-3)19-7(8(10,11)12)9(13,14)15/h7H,4-6H2,1-3H3. The highest BCUT2D eigenvalue weighted by molar-refractivity contribution is 6.53. The van der Waals surface area contributed by atoms with Crippen molar-refractivity contribution in [3.63, 3.8) is 0 Å². The van der Waals surface area contributed by atoms with E-state index in [1.807, 2.05) is 0 Å². The summed E-state index contributed by atoms with van der Waals surface area (Å²) >= 11 is 0. The van der Waals surface area contributed by atoms with Gasteiger partial charge in [-0.25, -0.2) is 0 Å². The van der Waals surface area contributed by atoms with Gasteiger partial charge in [0.2, 0.25) is 6.10 Å². The Morgan fingerprint density at radius 2 is 1.05 bits per heavy atom. The van der Waals surface area contributed by atoms with E-state index in [1.54, 1.807) is 0 Å². The van der Waals surface area contributed by atoms with Gasteiger partial charge in [0.25, 0.3) is 0 Å². The maximum absolute atomic E-state index is 12.5. The van der Waals surface area contributed by atoms with Crippen LogP contribution >= 0.6 is 0 Å². The molecule has 0 aromatic carbocycles. The average Bonchev–Trinajstić information content (AvgIpc) is 2.24. The zero-order chi connectivity index (χ0) is 16.0. The Balaban J connectivity index is 5.35. The summed E-state index contributed by atoms with van der Waals surface area (Å²) < 4.78 is 93.4. The molecule has 0 fully saturated rings.